The molecule has 1 saturated heterocycles. The fourth-order valence-electron chi connectivity index (χ4n) is 1.41. The molecule has 2 rings (SSSR count). The minimum atomic E-state index is -4.52. The Hall–Kier alpha value is -0.910. The highest BCUT2D eigenvalue weighted by atomic mass is 31.2. The van der Waals surface area contributed by atoms with E-state index in [0.717, 1.165) is 0 Å². The third-order valence-corrected chi connectivity index (χ3v) is 2.43. The Labute approximate surface area is 92.0 Å². The van der Waals surface area contributed by atoms with Crippen molar-refractivity contribution in [3.05, 3.63) is 29.8 Å². The predicted octanol–water partition coefficient (Wildman–Crippen LogP) is 1.20. The summed E-state index contributed by atoms with van der Waals surface area (Å²) in [6, 6.07) is 6.29. The number of benzene rings is 1. The Bertz CT molecular complexity index is 408. The summed E-state index contributed by atoms with van der Waals surface area (Å²) in [7, 11) is -4.52. The van der Waals surface area contributed by atoms with Gasteiger partial charge in [-0.25, -0.2) is 4.57 Å². The van der Waals surface area contributed by atoms with Gasteiger partial charge in [-0.05, 0) is 12.1 Å². The molecule has 0 aromatic heterocycles. The average Bonchev–Trinajstić information content (AvgIpc) is 2.68. The molecule has 0 atom stereocenters. The van der Waals surface area contributed by atoms with Gasteiger partial charge in [0.15, 0.2) is 6.29 Å². The molecule has 0 bridgehead atoms. The van der Waals surface area contributed by atoms with E-state index in [2.05, 4.69) is 4.52 Å². The lowest BCUT2D eigenvalue weighted by molar-refractivity contribution is -0.0442. The summed E-state index contributed by atoms with van der Waals surface area (Å²) >= 11 is 0. The highest BCUT2D eigenvalue weighted by molar-refractivity contribution is 7.46. The summed E-state index contributed by atoms with van der Waals surface area (Å²) in [6.07, 6.45) is -0.486. The van der Waals surface area contributed by atoms with Gasteiger partial charge < -0.3 is 14.0 Å². The van der Waals surface area contributed by atoms with Crippen molar-refractivity contribution < 1.29 is 28.3 Å². The Kier molecular flexibility index (Phi) is 3.28. The van der Waals surface area contributed by atoms with E-state index in [0.29, 0.717) is 18.8 Å². The van der Waals surface area contributed by atoms with Gasteiger partial charge in [0.25, 0.3) is 0 Å². The van der Waals surface area contributed by atoms with Crippen molar-refractivity contribution >= 4 is 7.82 Å². The van der Waals surface area contributed by atoms with Gasteiger partial charge in [0, 0.05) is 5.56 Å². The maximum Gasteiger partial charge on any atom is 0.524 e. The first-order chi connectivity index (χ1) is 7.54. The Morgan fingerprint density at radius 2 is 2.00 bits per heavy atom. The predicted molar refractivity (Wildman–Crippen MR) is 53.8 cm³/mol. The lowest BCUT2D eigenvalue weighted by Crippen LogP contribution is -1.98. The van der Waals surface area contributed by atoms with E-state index in [-0.39, 0.29) is 5.75 Å². The second-order valence-corrected chi connectivity index (χ2v) is 4.39. The van der Waals surface area contributed by atoms with Gasteiger partial charge >= 0.3 is 7.82 Å². The summed E-state index contributed by atoms with van der Waals surface area (Å²) in [4.78, 5) is 17.3. The molecular formula is C9H11O6P. The van der Waals surface area contributed by atoms with Crippen LogP contribution < -0.4 is 4.52 Å². The van der Waals surface area contributed by atoms with Gasteiger partial charge in [0.1, 0.15) is 5.75 Å². The first-order valence-electron chi connectivity index (χ1n) is 4.63. The SMILES string of the molecule is O=P(O)(O)Oc1cccc(C2OCCO2)c1. The Balaban J connectivity index is 2.16. The molecule has 2 N–H and O–H groups in total. The molecule has 0 amide bonds. The van der Waals surface area contributed by atoms with E-state index >= 15 is 0 Å². The zero-order chi connectivity index (χ0) is 11.6. The molecule has 1 fully saturated rings. The first-order valence-corrected chi connectivity index (χ1v) is 6.16. The zero-order valence-electron chi connectivity index (χ0n) is 8.28. The van der Waals surface area contributed by atoms with Gasteiger partial charge in [-0.3, -0.25) is 9.79 Å². The van der Waals surface area contributed by atoms with Crippen LogP contribution in [0.4, 0.5) is 0 Å². The van der Waals surface area contributed by atoms with Crippen molar-refractivity contribution in [2.24, 2.45) is 0 Å². The fraction of sp³-hybridized carbons (Fsp3) is 0.333. The summed E-state index contributed by atoms with van der Waals surface area (Å²) in [5.74, 6) is 0.0879. The van der Waals surface area contributed by atoms with E-state index < -0.39 is 14.1 Å². The van der Waals surface area contributed by atoms with Gasteiger partial charge in [0.2, 0.25) is 0 Å². The topological polar surface area (TPSA) is 85.2 Å². The van der Waals surface area contributed by atoms with Crippen LogP contribution in [0, 0.1) is 0 Å². The Morgan fingerprint density at radius 1 is 1.31 bits per heavy atom. The van der Waals surface area contributed by atoms with Crippen LogP contribution in [-0.2, 0) is 14.0 Å². The standard InChI is InChI=1S/C9H11O6P/c10-16(11,12)15-8-3-1-2-7(6-8)9-13-4-5-14-9/h1-3,6,9H,4-5H2,(H2,10,11,12). The Morgan fingerprint density at radius 3 is 2.62 bits per heavy atom. The number of hydrogen-bond donors (Lipinski definition) is 2. The molecule has 0 spiro atoms. The number of phosphoric acid groups is 1. The maximum absolute atomic E-state index is 10.6. The number of phosphoric ester groups is 1. The number of hydrogen-bond acceptors (Lipinski definition) is 4. The second kappa shape index (κ2) is 4.53. The van der Waals surface area contributed by atoms with Crippen molar-refractivity contribution in [3.8, 4) is 5.75 Å². The lowest BCUT2D eigenvalue weighted by Gasteiger charge is -2.11. The molecular weight excluding hydrogens is 235 g/mol. The van der Waals surface area contributed by atoms with E-state index in [1.165, 1.54) is 12.1 Å². The molecule has 1 aromatic carbocycles. The van der Waals surface area contributed by atoms with Crippen molar-refractivity contribution in [2.75, 3.05) is 13.2 Å². The smallest absolute Gasteiger partial charge is 0.404 e. The van der Waals surface area contributed by atoms with E-state index in [4.69, 9.17) is 19.3 Å². The van der Waals surface area contributed by atoms with Crippen LogP contribution in [0.15, 0.2) is 24.3 Å². The highest BCUT2D eigenvalue weighted by Crippen LogP contribution is 2.38. The van der Waals surface area contributed by atoms with Crippen LogP contribution in [0.2, 0.25) is 0 Å². The number of ether oxygens (including phenoxy) is 2. The van der Waals surface area contributed by atoms with E-state index in [1.54, 1.807) is 12.1 Å². The summed E-state index contributed by atoms with van der Waals surface area (Å²) < 4.78 is 25.6. The van der Waals surface area contributed by atoms with Crippen LogP contribution in [0.5, 0.6) is 5.75 Å². The van der Waals surface area contributed by atoms with E-state index in [9.17, 15) is 4.57 Å². The van der Waals surface area contributed by atoms with Crippen molar-refractivity contribution in [1.82, 2.24) is 0 Å². The van der Waals surface area contributed by atoms with Crippen molar-refractivity contribution in [1.29, 1.82) is 0 Å². The maximum atomic E-state index is 10.6. The van der Waals surface area contributed by atoms with Crippen LogP contribution in [0.1, 0.15) is 11.9 Å². The summed E-state index contributed by atoms with van der Waals surface area (Å²) in [6.45, 7) is 1.02. The molecule has 1 heterocycles. The molecule has 16 heavy (non-hydrogen) atoms. The van der Waals surface area contributed by atoms with Crippen LogP contribution in [-0.4, -0.2) is 23.0 Å². The molecule has 88 valence electrons. The normalized spacial score (nSPS) is 17.6. The van der Waals surface area contributed by atoms with Gasteiger partial charge in [-0.1, -0.05) is 12.1 Å². The fourth-order valence-corrected chi connectivity index (χ4v) is 1.79. The third-order valence-electron chi connectivity index (χ3n) is 1.98. The molecule has 6 nitrogen and oxygen atoms in total. The highest BCUT2D eigenvalue weighted by Gasteiger charge is 2.20. The van der Waals surface area contributed by atoms with Gasteiger partial charge in [-0.15, -0.1) is 0 Å². The lowest BCUT2D eigenvalue weighted by atomic mass is 10.2. The van der Waals surface area contributed by atoms with E-state index in [1.807, 2.05) is 0 Å². The monoisotopic (exact) mass is 246 g/mol. The average molecular weight is 246 g/mol. The largest absolute Gasteiger partial charge is 0.524 e. The molecule has 1 aromatic rings. The molecule has 0 radical (unpaired) electrons. The zero-order valence-corrected chi connectivity index (χ0v) is 9.17. The number of rotatable bonds is 3. The molecule has 1 aliphatic heterocycles. The molecule has 7 heteroatoms. The van der Waals surface area contributed by atoms with Crippen LogP contribution in [0.3, 0.4) is 0 Å². The quantitative estimate of drug-likeness (QED) is 0.779. The van der Waals surface area contributed by atoms with Crippen molar-refractivity contribution in [3.63, 3.8) is 0 Å². The van der Waals surface area contributed by atoms with Crippen molar-refractivity contribution in [2.45, 2.75) is 6.29 Å². The van der Waals surface area contributed by atoms with Crippen LogP contribution in [0.25, 0.3) is 0 Å². The minimum absolute atomic E-state index is 0.0879. The molecule has 0 aliphatic carbocycles. The molecule has 0 saturated carbocycles. The molecule has 0 unspecified atom stereocenters. The van der Waals surface area contributed by atoms with Gasteiger partial charge in [-0.2, -0.15) is 0 Å². The minimum Gasteiger partial charge on any atom is -0.404 e. The summed E-state index contributed by atoms with van der Waals surface area (Å²) in [5.41, 5.74) is 0.670. The second-order valence-electron chi connectivity index (χ2n) is 3.23. The summed E-state index contributed by atoms with van der Waals surface area (Å²) in [5, 5.41) is 0. The van der Waals surface area contributed by atoms with Gasteiger partial charge in [0.05, 0.1) is 13.2 Å². The third kappa shape index (κ3) is 3.04. The first kappa shape index (κ1) is 11.6. The van der Waals surface area contributed by atoms with Crippen LogP contribution >= 0.6 is 7.82 Å². The molecule has 1 aliphatic rings.